The molecule has 1 heterocycles. The molecule has 0 N–H and O–H groups in total. The largest absolute Gasteiger partial charge is 0.147 e. The number of benzene rings is 2. The van der Waals surface area contributed by atoms with Crippen LogP contribution in [0.1, 0.15) is 60.8 Å². The second-order valence-electron chi connectivity index (χ2n) is 7.96. The molecule has 3 aliphatic rings. The molecule has 27 heavy (non-hydrogen) atoms. The fraction of sp³-hybridized carbons (Fsp3) is 0.333. The van der Waals surface area contributed by atoms with Crippen LogP contribution < -0.4 is 0 Å². The van der Waals surface area contributed by atoms with E-state index in [1.54, 1.807) is 19.4 Å². The van der Waals surface area contributed by atoms with Crippen molar-refractivity contribution in [2.45, 2.75) is 46.8 Å². The molecule has 2 aromatic rings. The normalized spacial score (nSPS) is 23.3. The van der Waals surface area contributed by atoms with Crippen molar-refractivity contribution in [3.63, 3.8) is 0 Å². The molecule has 0 amide bonds. The molecule has 1 saturated heterocycles. The summed E-state index contributed by atoms with van der Waals surface area (Å²) < 4.78 is 6.91. The minimum atomic E-state index is -2.33. The average Bonchev–Trinajstić information content (AvgIpc) is 3.23. The summed E-state index contributed by atoms with van der Waals surface area (Å²) in [6.07, 6.45) is 7.78. The Labute approximate surface area is 180 Å². The van der Waals surface area contributed by atoms with Gasteiger partial charge in [-0.3, -0.25) is 0 Å². The van der Waals surface area contributed by atoms with Gasteiger partial charge in [0.1, 0.15) is 0 Å². The van der Waals surface area contributed by atoms with Crippen molar-refractivity contribution in [2.75, 3.05) is 0 Å². The number of fused-ring (bicyclic) bond motifs is 2. The van der Waals surface area contributed by atoms with E-state index in [2.05, 4.69) is 74.5 Å². The molecule has 1 fully saturated rings. The summed E-state index contributed by atoms with van der Waals surface area (Å²) in [5, 5.41) is 0. The average molecular weight is 479 g/mol. The second kappa shape index (κ2) is 8.02. The van der Waals surface area contributed by atoms with Crippen molar-refractivity contribution in [2.24, 2.45) is 0 Å². The van der Waals surface area contributed by atoms with Crippen LogP contribution in [0.5, 0.6) is 0 Å². The van der Waals surface area contributed by atoms with Crippen molar-refractivity contribution in [1.82, 2.24) is 0 Å². The Balaban J connectivity index is 0.00000105. The van der Waals surface area contributed by atoms with E-state index in [1.165, 1.54) is 24.0 Å². The zero-order chi connectivity index (χ0) is 17.0. The Morgan fingerprint density at radius 1 is 0.704 bits per heavy atom. The van der Waals surface area contributed by atoms with Gasteiger partial charge in [-0.1, -0.05) is 0 Å². The van der Waals surface area contributed by atoms with Crippen LogP contribution in [0.2, 0.25) is 8.26 Å². The molecule has 0 unspecified atom stereocenters. The fourth-order valence-corrected chi connectivity index (χ4v) is 20.6. The molecule has 0 saturated carbocycles. The zero-order valence-electron chi connectivity index (χ0n) is 16.1. The van der Waals surface area contributed by atoms with Gasteiger partial charge in [0.05, 0.1) is 0 Å². The summed E-state index contributed by atoms with van der Waals surface area (Å²) in [7, 11) is 0. The van der Waals surface area contributed by atoms with Crippen molar-refractivity contribution in [1.29, 1.82) is 0 Å². The Kier molecular flexibility index (Phi) is 6.27. The van der Waals surface area contributed by atoms with Gasteiger partial charge in [-0.25, -0.2) is 0 Å². The van der Waals surface area contributed by atoms with E-state index in [9.17, 15) is 0 Å². The van der Waals surface area contributed by atoms with Crippen LogP contribution in [0, 0.1) is 0 Å². The molecule has 5 rings (SSSR count). The molecule has 0 radical (unpaired) electrons. The maximum atomic E-state index is 2.63. The first-order valence-electron chi connectivity index (χ1n) is 9.90. The van der Waals surface area contributed by atoms with Crippen LogP contribution in [-0.2, 0) is 20.3 Å². The molecule has 0 aromatic heterocycles. The van der Waals surface area contributed by atoms with E-state index >= 15 is 0 Å². The van der Waals surface area contributed by atoms with Gasteiger partial charge in [0.2, 0.25) is 0 Å². The Morgan fingerprint density at radius 3 is 1.48 bits per heavy atom. The predicted molar refractivity (Wildman–Crippen MR) is 119 cm³/mol. The van der Waals surface area contributed by atoms with Gasteiger partial charge >= 0.3 is 157 Å². The van der Waals surface area contributed by atoms with E-state index in [0.717, 1.165) is 0 Å². The molecular formula is C24H28Cl2Zr. The number of hydrogen-bond donors (Lipinski definition) is 0. The van der Waals surface area contributed by atoms with E-state index in [0.29, 0.717) is 11.8 Å². The van der Waals surface area contributed by atoms with E-state index in [-0.39, 0.29) is 24.8 Å². The van der Waals surface area contributed by atoms with Crippen molar-refractivity contribution < 1.29 is 20.3 Å². The van der Waals surface area contributed by atoms with Crippen LogP contribution in [0.15, 0.2) is 55.1 Å². The minimum Gasteiger partial charge on any atom is -0.147 e. The third kappa shape index (κ3) is 3.15. The van der Waals surface area contributed by atoms with Gasteiger partial charge in [0.25, 0.3) is 0 Å². The van der Waals surface area contributed by atoms with Gasteiger partial charge in [-0.15, -0.1) is 24.8 Å². The number of halogens is 2. The number of rotatable bonds is 4. The third-order valence-corrected chi connectivity index (χ3v) is 18.3. The van der Waals surface area contributed by atoms with Crippen molar-refractivity contribution in [3.8, 4) is 0 Å². The van der Waals surface area contributed by atoms with Gasteiger partial charge in [-0.2, -0.15) is 0 Å². The molecule has 2 atom stereocenters. The molecule has 0 nitrogen and oxygen atoms in total. The summed E-state index contributed by atoms with van der Waals surface area (Å²) in [5.74, 6) is 1.41. The van der Waals surface area contributed by atoms with Gasteiger partial charge in [0, 0.05) is 0 Å². The van der Waals surface area contributed by atoms with Gasteiger partial charge < -0.3 is 0 Å². The molecular weight excluding hydrogens is 450 g/mol. The first-order valence-corrected chi connectivity index (χ1v) is 15.8. The minimum absolute atomic E-state index is 0. The summed E-state index contributed by atoms with van der Waals surface area (Å²) in [5.41, 5.74) is 6.23. The number of allylic oxidation sites excluding steroid dienone is 2. The van der Waals surface area contributed by atoms with Crippen molar-refractivity contribution >= 4 is 37.0 Å². The maximum absolute atomic E-state index is 2.63. The first kappa shape index (κ1) is 21.1. The molecule has 1 aliphatic heterocycles. The molecule has 3 heteroatoms. The quantitative estimate of drug-likeness (QED) is 0.419. The zero-order valence-corrected chi connectivity index (χ0v) is 20.2. The van der Waals surface area contributed by atoms with E-state index < -0.39 is 20.3 Å². The Hall–Kier alpha value is -0.617. The van der Waals surface area contributed by atoms with Crippen LogP contribution >= 0.6 is 24.8 Å². The van der Waals surface area contributed by atoms with Crippen LogP contribution in [0.25, 0.3) is 12.2 Å². The van der Waals surface area contributed by atoms with Crippen LogP contribution in [0.4, 0.5) is 0 Å². The van der Waals surface area contributed by atoms with Crippen LogP contribution in [-0.4, -0.2) is 0 Å². The summed E-state index contributed by atoms with van der Waals surface area (Å²) >= 11 is -2.33. The molecule has 0 bridgehead atoms. The Morgan fingerprint density at radius 2 is 1.11 bits per heavy atom. The number of hydrogen-bond acceptors (Lipinski definition) is 0. The van der Waals surface area contributed by atoms with Crippen molar-refractivity contribution in [3.05, 3.63) is 77.3 Å². The van der Waals surface area contributed by atoms with Gasteiger partial charge in [0.15, 0.2) is 0 Å². The van der Waals surface area contributed by atoms with Crippen LogP contribution in [0.3, 0.4) is 0 Å². The second-order valence-corrected chi connectivity index (χ2v) is 18.6. The van der Waals surface area contributed by atoms with E-state index in [1.807, 2.05) is 6.56 Å². The summed E-state index contributed by atoms with van der Waals surface area (Å²) in [6.45, 7) is 4.77. The monoisotopic (exact) mass is 476 g/mol. The standard InChI is InChI=1S/2C11H11.C2H4.2ClH.Zr/c2*1-2-9-7-8-10-5-3-4-6-11(9)10;1-2;;;/h2*3-6,8-9H,2H2,1H3;1-2H2;2*1H;/t2*9-;;;;/m10..../s1. The third-order valence-electron chi connectivity index (χ3n) is 6.79. The molecule has 0 spiro atoms. The first-order chi connectivity index (χ1) is 12.3. The Bertz CT molecular complexity index is 837. The SMILES string of the molecule is CC[C@@H]1[C]([Zr]2([C]3=Cc4ccccc4[C@H]3CC)[CH2][CH2]2)=Cc2ccccc21.Cl.Cl. The molecule has 2 aliphatic carbocycles. The molecule has 2 aromatic carbocycles. The predicted octanol–water partition coefficient (Wildman–Crippen LogP) is 7.93. The maximum Gasteiger partial charge on any atom is -0.147 e. The fourth-order valence-electron chi connectivity index (χ4n) is 5.48. The van der Waals surface area contributed by atoms with Gasteiger partial charge in [-0.05, 0) is 0 Å². The summed E-state index contributed by atoms with van der Waals surface area (Å²) in [4.78, 5) is 0. The van der Waals surface area contributed by atoms with E-state index in [4.69, 9.17) is 0 Å². The molecule has 142 valence electrons. The smallest absolute Gasteiger partial charge is 0.147 e. The summed E-state index contributed by atoms with van der Waals surface area (Å²) in [6, 6.07) is 18.3. The topological polar surface area (TPSA) is 0 Å².